The van der Waals surface area contributed by atoms with Crippen LogP contribution in [0.5, 0.6) is 17.2 Å². The van der Waals surface area contributed by atoms with E-state index in [9.17, 15) is 0 Å². The largest absolute Gasteiger partial charge is 0.497 e. The fraction of sp³-hybridized carbons (Fsp3) is 0.409. The molecule has 0 aromatic heterocycles. The van der Waals surface area contributed by atoms with E-state index < -0.39 is 0 Å². The van der Waals surface area contributed by atoms with Gasteiger partial charge < -0.3 is 24.4 Å². The molecule has 2 aromatic carbocycles. The van der Waals surface area contributed by atoms with Gasteiger partial charge in [-0.05, 0) is 66.7 Å². The molecule has 0 bridgehead atoms. The molecule has 1 aliphatic heterocycles. The van der Waals surface area contributed by atoms with Gasteiger partial charge in [0, 0.05) is 38.4 Å². The van der Waals surface area contributed by atoms with Crippen LogP contribution >= 0.6 is 12.2 Å². The highest BCUT2D eigenvalue weighted by Crippen LogP contribution is 2.31. The van der Waals surface area contributed by atoms with Gasteiger partial charge in [0.15, 0.2) is 16.6 Å². The molecule has 0 saturated carbocycles. The maximum atomic E-state index is 5.60. The van der Waals surface area contributed by atoms with Crippen molar-refractivity contribution in [3.05, 3.63) is 47.5 Å². The summed E-state index contributed by atoms with van der Waals surface area (Å²) in [6, 6.07) is 11.9. The number of aryl methyl sites for hydroxylation is 1. The van der Waals surface area contributed by atoms with Gasteiger partial charge in [-0.2, -0.15) is 0 Å². The van der Waals surface area contributed by atoms with Gasteiger partial charge in [-0.25, -0.2) is 0 Å². The van der Waals surface area contributed by atoms with Crippen LogP contribution < -0.4 is 19.5 Å². The van der Waals surface area contributed by atoms with Crippen LogP contribution in [0.2, 0.25) is 0 Å². The second-order valence-corrected chi connectivity index (χ2v) is 7.44. The van der Waals surface area contributed by atoms with Gasteiger partial charge in [-0.15, -0.1) is 0 Å². The molecule has 0 radical (unpaired) electrons. The Kier molecular flexibility index (Phi) is 7.17. The number of benzene rings is 2. The number of nitrogens with zero attached hydrogens (tertiary/aromatic N) is 2. The van der Waals surface area contributed by atoms with E-state index in [1.807, 2.05) is 30.3 Å². The van der Waals surface area contributed by atoms with Gasteiger partial charge in [-0.1, -0.05) is 0 Å². The van der Waals surface area contributed by atoms with E-state index in [0.717, 1.165) is 60.8 Å². The lowest BCUT2D eigenvalue weighted by atomic mass is 10.1. The number of piperazine rings is 1. The van der Waals surface area contributed by atoms with Crippen molar-refractivity contribution in [3.8, 4) is 17.2 Å². The number of hydrogen-bond acceptors (Lipinski definition) is 5. The van der Waals surface area contributed by atoms with Crippen LogP contribution in [-0.4, -0.2) is 62.4 Å². The Morgan fingerprint density at radius 2 is 1.55 bits per heavy atom. The van der Waals surface area contributed by atoms with Crippen molar-refractivity contribution in [1.82, 2.24) is 9.80 Å². The van der Waals surface area contributed by atoms with E-state index in [1.54, 1.807) is 21.3 Å². The molecule has 2 aromatic rings. The fourth-order valence-electron chi connectivity index (χ4n) is 3.42. The van der Waals surface area contributed by atoms with Gasteiger partial charge in [0.25, 0.3) is 0 Å². The van der Waals surface area contributed by atoms with Crippen molar-refractivity contribution < 1.29 is 14.2 Å². The fourth-order valence-corrected chi connectivity index (χ4v) is 3.72. The molecule has 7 heteroatoms. The van der Waals surface area contributed by atoms with Crippen molar-refractivity contribution in [3.63, 3.8) is 0 Å². The maximum Gasteiger partial charge on any atom is 0.173 e. The van der Waals surface area contributed by atoms with Gasteiger partial charge in [0.05, 0.1) is 21.3 Å². The lowest BCUT2D eigenvalue weighted by Gasteiger charge is -2.36. The van der Waals surface area contributed by atoms with E-state index >= 15 is 0 Å². The third-order valence-electron chi connectivity index (χ3n) is 5.24. The predicted octanol–water partition coefficient (Wildman–Crippen LogP) is 3.54. The van der Waals surface area contributed by atoms with Crippen LogP contribution in [0, 0.1) is 6.92 Å². The van der Waals surface area contributed by atoms with Crippen molar-refractivity contribution in [2.75, 3.05) is 52.8 Å². The zero-order valence-electron chi connectivity index (χ0n) is 17.5. The third-order valence-corrected chi connectivity index (χ3v) is 5.60. The van der Waals surface area contributed by atoms with E-state index in [0.29, 0.717) is 0 Å². The predicted molar refractivity (Wildman–Crippen MR) is 120 cm³/mol. The van der Waals surface area contributed by atoms with Crippen LogP contribution in [0.3, 0.4) is 0 Å². The quantitative estimate of drug-likeness (QED) is 0.724. The van der Waals surface area contributed by atoms with Crippen LogP contribution in [0.1, 0.15) is 11.1 Å². The lowest BCUT2D eigenvalue weighted by molar-refractivity contribution is 0.176. The van der Waals surface area contributed by atoms with Crippen LogP contribution in [-0.2, 0) is 6.54 Å². The summed E-state index contributed by atoms with van der Waals surface area (Å²) in [5.41, 5.74) is 3.44. The first-order chi connectivity index (χ1) is 14.0. The second-order valence-electron chi connectivity index (χ2n) is 7.06. The first kappa shape index (κ1) is 21.2. The Bertz CT molecular complexity index is 834. The molecular weight excluding hydrogens is 386 g/mol. The molecule has 0 amide bonds. The topological polar surface area (TPSA) is 46.2 Å². The molecule has 1 heterocycles. The standard InChI is InChI=1S/C22H29N3O3S/c1-16-13-20(27-3)21(28-4)14-17(16)15-24-9-11-25(12-10-24)22(29)23-18-5-7-19(26-2)8-6-18/h5-8,13-14H,9-12,15H2,1-4H3,(H,23,29). The molecule has 0 spiro atoms. The Morgan fingerprint density at radius 1 is 0.931 bits per heavy atom. The Hall–Kier alpha value is -2.51. The van der Waals surface area contributed by atoms with Gasteiger partial charge in [0.2, 0.25) is 0 Å². The summed E-state index contributed by atoms with van der Waals surface area (Å²) in [5.74, 6) is 2.38. The molecule has 0 aliphatic carbocycles. The van der Waals surface area contributed by atoms with E-state index in [4.69, 9.17) is 26.4 Å². The van der Waals surface area contributed by atoms with Gasteiger partial charge in [-0.3, -0.25) is 4.90 Å². The summed E-state index contributed by atoms with van der Waals surface area (Å²) in [5, 5.41) is 4.08. The minimum atomic E-state index is 0.761. The van der Waals surface area contributed by atoms with Gasteiger partial charge in [0.1, 0.15) is 5.75 Å². The summed E-state index contributed by atoms with van der Waals surface area (Å²) in [4.78, 5) is 4.66. The summed E-state index contributed by atoms with van der Waals surface area (Å²) >= 11 is 5.60. The Morgan fingerprint density at radius 3 is 2.14 bits per heavy atom. The summed E-state index contributed by atoms with van der Waals surface area (Å²) in [7, 11) is 5.00. The molecule has 156 valence electrons. The van der Waals surface area contributed by atoms with Crippen LogP contribution in [0.25, 0.3) is 0 Å². The van der Waals surface area contributed by atoms with E-state index in [-0.39, 0.29) is 0 Å². The number of hydrogen-bond donors (Lipinski definition) is 1. The van der Waals surface area contributed by atoms with E-state index in [1.165, 1.54) is 11.1 Å². The molecular formula is C22H29N3O3S. The summed E-state index contributed by atoms with van der Waals surface area (Å²) < 4.78 is 16.0. The molecule has 29 heavy (non-hydrogen) atoms. The summed E-state index contributed by atoms with van der Waals surface area (Å²) in [6.07, 6.45) is 0. The number of ether oxygens (including phenoxy) is 3. The first-order valence-electron chi connectivity index (χ1n) is 9.68. The van der Waals surface area contributed by atoms with Crippen molar-refractivity contribution in [2.24, 2.45) is 0 Å². The highest BCUT2D eigenvalue weighted by atomic mass is 32.1. The highest BCUT2D eigenvalue weighted by Gasteiger charge is 2.20. The Balaban J connectivity index is 1.54. The average molecular weight is 416 g/mol. The Labute approximate surface area is 178 Å². The lowest BCUT2D eigenvalue weighted by Crippen LogP contribution is -2.49. The zero-order valence-corrected chi connectivity index (χ0v) is 18.3. The van der Waals surface area contributed by atoms with Crippen molar-refractivity contribution in [2.45, 2.75) is 13.5 Å². The van der Waals surface area contributed by atoms with E-state index in [2.05, 4.69) is 28.1 Å². The molecule has 0 atom stereocenters. The highest BCUT2D eigenvalue weighted by molar-refractivity contribution is 7.80. The van der Waals surface area contributed by atoms with Crippen molar-refractivity contribution in [1.29, 1.82) is 0 Å². The van der Waals surface area contributed by atoms with Crippen molar-refractivity contribution >= 4 is 23.0 Å². The monoisotopic (exact) mass is 415 g/mol. The molecule has 3 rings (SSSR count). The zero-order chi connectivity index (χ0) is 20.8. The van der Waals surface area contributed by atoms with Crippen LogP contribution in [0.15, 0.2) is 36.4 Å². The number of nitrogens with one attached hydrogen (secondary N) is 1. The average Bonchev–Trinajstić information content (AvgIpc) is 2.75. The maximum absolute atomic E-state index is 5.60. The minimum absolute atomic E-state index is 0.761. The molecule has 1 N–H and O–H groups in total. The molecule has 1 aliphatic rings. The molecule has 6 nitrogen and oxygen atoms in total. The molecule has 1 saturated heterocycles. The molecule has 1 fully saturated rings. The van der Waals surface area contributed by atoms with Gasteiger partial charge >= 0.3 is 0 Å². The minimum Gasteiger partial charge on any atom is -0.497 e. The second kappa shape index (κ2) is 9.80. The normalized spacial score (nSPS) is 14.4. The molecule has 0 unspecified atom stereocenters. The number of thiocarbonyl (C=S) groups is 1. The van der Waals surface area contributed by atoms with Crippen LogP contribution in [0.4, 0.5) is 5.69 Å². The third kappa shape index (κ3) is 5.31. The smallest absolute Gasteiger partial charge is 0.173 e. The number of methoxy groups -OCH3 is 3. The first-order valence-corrected chi connectivity index (χ1v) is 10.1. The number of anilines is 1. The summed E-state index contributed by atoms with van der Waals surface area (Å²) in [6.45, 7) is 6.71. The SMILES string of the molecule is COc1ccc(NC(=S)N2CCN(Cc3cc(OC)c(OC)cc3C)CC2)cc1. The number of rotatable bonds is 6.